The highest BCUT2D eigenvalue weighted by molar-refractivity contribution is 7.21. The Bertz CT molecular complexity index is 844. The average Bonchev–Trinajstić information content (AvgIpc) is 2.76. The minimum absolute atomic E-state index is 0.0736. The van der Waals surface area contributed by atoms with Gasteiger partial charge in [0, 0.05) is 15.6 Å². The molecule has 3 rings (SSSR count). The van der Waals surface area contributed by atoms with Crippen LogP contribution in [0.15, 0.2) is 29.1 Å². The van der Waals surface area contributed by atoms with Gasteiger partial charge in [-0.2, -0.15) is 0 Å². The van der Waals surface area contributed by atoms with E-state index in [9.17, 15) is 14.7 Å². The van der Waals surface area contributed by atoms with Crippen LogP contribution in [-0.2, 0) is 0 Å². The predicted octanol–water partition coefficient (Wildman–Crippen LogP) is 1.41. The van der Waals surface area contributed by atoms with Gasteiger partial charge in [-0.1, -0.05) is 11.6 Å². The SMILES string of the molecule is Cc1ccc2[nH]c(=O)c3cc(C(=O)[O-])sc3c2c1. The summed E-state index contributed by atoms with van der Waals surface area (Å²) in [7, 11) is 0. The smallest absolute Gasteiger partial charge is 0.257 e. The van der Waals surface area contributed by atoms with E-state index in [0.29, 0.717) is 15.6 Å². The molecule has 5 heteroatoms. The standard InChI is InChI=1S/C13H9NO3S/c1-6-2-3-9-7(4-6)11-8(12(15)14-9)5-10(18-11)13(16)17/h2-5H,1H3,(H,14,15)(H,16,17)/p-1. The molecule has 0 saturated heterocycles. The molecule has 2 heterocycles. The number of carbonyl (C=O) groups excluding carboxylic acids is 1. The summed E-state index contributed by atoms with van der Waals surface area (Å²) in [6, 6.07) is 7.03. The summed E-state index contributed by atoms with van der Waals surface area (Å²) in [5, 5.41) is 12.1. The third kappa shape index (κ3) is 1.52. The van der Waals surface area contributed by atoms with Gasteiger partial charge in [-0.25, -0.2) is 0 Å². The molecule has 18 heavy (non-hydrogen) atoms. The van der Waals surface area contributed by atoms with Gasteiger partial charge in [0.1, 0.15) is 0 Å². The number of aromatic nitrogens is 1. The maximum atomic E-state index is 11.9. The molecule has 2 aromatic heterocycles. The number of carboxylic acids is 1. The van der Waals surface area contributed by atoms with Gasteiger partial charge < -0.3 is 14.9 Å². The van der Waals surface area contributed by atoms with Crippen LogP contribution in [0.3, 0.4) is 0 Å². The molecule has 0 atom stereocenters. The summed E-state index contributed by atoms with van der Waals surface area (Å²) >= 11 is 1.08. The van der Waals surface area contributed by atoms with Gasteiger partial charge in [-0.15, -0.1) is 11.3 Å². The number of benzene rings is 1. The van der Waals surface area contributed by atoms with E-state index in [-0.39, 0.29) is 10.4 Å². The molecule has 0 aliphatic carbocycles. The number of rotatable bonds is 1. The zero-order valence-corrected chi connectivity index (χ0v) is 10.3. The monoisotopic (exact) mass is 258 g/mol. The molecule has 0 amide bonds. The van der Waals surface area contributed by atoms with Gasteiger partial charge in [0.15, 0.2) is 0 Å². The van der Waals surface area contributed by atoms with Gasteiger partial charge in [0.2, 0.25) is 0 Å². The number of carboxylic acid groups (broad SMARTS) is 1. The second kappa shape index (κ2) is 3.68. The first-order chi connectivity index (χ1) is 8.56. The molecule has 0 aliphatic heterocycles. The molecule has 1 N–H and O–H groups in total. The minimum Gasteiger partial charge on any atom is -0.544 e. The molecule has 3 aromatic rings. The Morgan fingerprint density at radius 1 is 1.28 bits per heavy atom. The number of hydrogen-bond acceptors (Lipinski definition) is 4. The van der Waals surface area contributed by atoms with Crippen LogP contribution in [0.25, 0.3) is 21.0 Å². The summed E-state index contributed by atoms with van der Waals surface area (Å²) in [6.45, 7) is 1.95. The quantitative estimate of drug-likeness (QED) is 0.717. The summed E-state index contributed by atoms with van der Waals surface area (Å²) in [6.07, 6.45) is 0. The highest BCUT2D eigenvalue weighted by atomic mass is 32.1. The van der Waals surface area contributed by atoms with E-state index < -0.39 is 5.97 Å². The molecule has 0 radical (unpaired) electrons. The number of aryl methyl sites for hydroxylation is 1. The number of nitrogens with one attached hydrogen (secondary N) is 1. The van der Waals surface area contributed by atoms with Crippen LogP contribution in [-0.4, -0.2) is 11.0 Å². The number of fused-ring (bicyclic) bond motifs is 3. The average molecular weight is 258 g/mol. The molecular weight excluding hydrogens is 250 g/mol. The Morgan fingerprint density at radius 2 is 2.06 bits per heavy atom. The molecule has 1 aromatic carbocycles. The predicted molar refractivity (Wildman–Crippen MR) is 69.0 cm³/mol. The zero-order chi connectivity index (χ0) is 12.9. The van der Waals surface area contributed by atoms with Gasteiger partial charge in [-0.05, 0) is 25.1 Å². The summed E-state index contributed by atoms with van der Waals surface area (Å²) in [5.41, 5.74) is 1.49. The van der Waals surface area contributed by atoms with Crippen LogP contribution >= 0.6 is 11.3 Å². The number of aromatic carboxylic acids is 1. The molecule has 0 unspecified atom stereocenters. The largest absolute Gasteiger partial charge is 0.544 e. The van der Waals surface area contributed by atoms with E-state index in [1.807, 2.05) is 25.1 Å². The van der Waals surface area contributed by atoms with Crippen molar-refractivity contribution in [1.82, 2.24) is 4.98 Å². The zero-order valence-electron chi connectivity index (χ0n) is 9.44. The van der Waals surface area contributed by atoms with Crippen LogP contribution in [0.4, 0.5) is 0 Å². The fourth-order valence-electron chi connectivity index (χ4n) is 2.00. The Balaban J connectivity index is 2.55. The van der Waals surface area contributed by atoms with E-state index in [0.717, 1.165) is 22.3 Å². The van der Waals surface area contributed by atoms with E-state index in [4.69, 9.17) is 0 Å². The summed E-state index contributed by atoms with van der Waals surface area (Å²) in [5.74, 6) is -1.25. The first kappa shape index (κ1) is 11.0. The molecule has 4 nitrogen and oxygen atoms in total. The number of pyridine rings is 1. The first-order valence-corrected chi connectivity index (χ1v) is 6.15. The van der Waals surface area contributed by atoms with Gasteiger partial charge >= 0.3 is 0 Å². The van der Waals surface area contributed by atoms with Crippen molar-refractivity contribution in [3.8, 4) is 0 Å². The molecule has 90 valence electrons. The van der Waals surface area contributed by atoms with Gasteiger partial charge in [0.05, 0.1) is 16.2 Å². The number of aromatic amines is 1. The van der Waals surface area contributed by atoms with Crippen LogP contribution in [0.5, 0.6) is 0 Å². The van der Waals surface area contributed by atoms with Crippen molar-refractivity contribution in [2.24, 2.45) is 0 Å². The topological polar surface area (TPSA) is 73.0 Å². The Morgan fingerprint density at radius 3 is 2.78 bits per heavy atom. The fourth-order valence-corrected chi connectivity index (χ4v) is 3.03. The molecule has 0 bridgehead atoms. The third-order valence-corrected chi connectivity index (χ3v) is 3.99. The Kier molecular flexibility index (Phi) is 2.24. The summed E-state index contributed by atoms with van der Waals surface area (Å²) in [4.78, 5) is 25.5. The molecule has 0 saturated carbocycles. The van der Waals surface area contributed by atoms with Crippen molar-refractivity contribution in [1.29, 1.82) is 0 Å². The van der Waals surface area contributed by atoms with Crippen molar-refractivity contribution in [3.63, 3.8) is 0 Å². The van der Waals surface area contributed by atoms with E-state index in [2.05, 4.69) is 4.98 Å². The lowest BCUT2D eigenvalue weighted by atomic mass is 10.1. The van der Waals surface area contributed by atoms with Crippen LogP contribution in [0, 0.1) is 6.92 Å². The molecule has 0 fully saturated rings. The van der Waals surface area contributed by atoms with Crippen molar-refractivity contribution >= 4 is 38.3 Å². The Hall–Kier alpha value is -2.14. The number of carbonyl (C=O) groups is 1. The van der Waals surface area contributed by atoms with Crippen molar-refractivity contribution in [2.75, 3.05) is 0 Å². The van der Waals surface area contributed by atoms with Crippen molar-refractivity contribution < 1.29 is 9.90 Å². The van der Waals surface area contributed by atoms with Crippen molar-refractivity contribution in [2.45, 2.75) is 6.92 Å². The second-order valence-corrected chi connectivity index (χ2v) is 5.20. The lowest BCUT2D eigenvalue weighted by Gasteiger charge is -2.00. The Labute approximate surface area is 106 Å². The second-order valence-electron chi connectivity index (χ2n) is 4.14. The lowest BCUT2D eigenvalue weighted by molar-refractivity contribution is -0.254. The van der Waals surface area contributed by atoms with E-state index in [1.54, 1.807) is 0 Å². The highest BCUT2D eigenvalue weighted by Crippen LogP contribution is 2.29. The van der Waals surface area contributed by atoms with Crippen LogP contribution < -0.4 is 10.7 Å². The highest BCUT2D eigenvalue weighted by Gasteiger charge is 2.10. The lowest BCUT2D eigenvalue weighted by Crippen LogP contribution is -2.20. The normalized spacial score (nSPS) is 11.2. The maximum Gasteiger partial charge on any atom is 0.257 e. The van der Waals surface area contributed by atoms with Gasteiger partial charge in [-0.3, -0.25) is 4.79 Å². The minimum atomic E-state index is -1.25. The van der Waals surface area contributed by atoms with Gasteiger partial charge in [0.25, 0.3) is 5.56 Å². The third-order valence-electron chi connectivity index (χ3n) is 2.85. The molecule has 0 aliphatic rings. The number of thiophene rings is 1. The first-order valence-electron chi connectivity index (χ1n) is 5.34. The van der Waals surface area contributed by atoms with Crippen LogP contribution in [0.2, 0.25) is 0 Å². The number of hydrogen-bond donors (Lipinski definition) is 1. The maximum absolute atomic E-state index is 11.9. The fraction of sp³-hybridized carbons (Fsp3) is 0.0769. The number of H-pyrrole nitrogens is 1. The van der Waals surface area contributed by atoms with E-state index in [1.165, 1.54) is 6.07 Å². The molecular formula is C13H8NO3S-. The van der Waals surface area contributed by atoms with E-state index >= 15 is 0 Å². The van der Waals surface area contributed by atoms with Crippen molar-refractivity contribution in [3.05, 3.63) is 45.1 Å². The summed E-state index contributed by atoms with van der Waals surface area (Å²) < 4.78 is 0.691. The molecule has 0 spiro atoms. The van der Waals surface area contributed by atoms with Crippen LogP contribution in [0.1, 0.15) is 15.2 Å².